The molecule has 0 aliphatic heterocycles. The minimum atomic E-state index is -0.327. The number of rotatable bonds is 1. The van der Waals surface area contributed by atoms with E-state index in [4.69, 9.17) is 4.74 Å². The highest BCUT2D eigenvalue weighted by Gasteiger charge is 2.39. The zero-order valence-electron chi connectivity index (χ0n) is 10.9. The van der Waals surface area contributed by atoms with Crippen molar-refractivity contribution in [2.45, 2.75) is 25.9 Å². The number of methoxy groups -OCH3 is 1. The number of ketones is 1. The van der Waals surface area contributed by atoms with Crippen LogP contribution in [-0.4, -0.2) is 24.0 Å². The first-order chi connectivity index (χ1) is 8.65. The molecular formula is C15H17NO2. The Bertz CT molecular complexity index is 614. The van der Waals surface area contributed by atoms with Crippen LogP contribution in [0.15, 0.2) is 24.3 Å². The normalized spacial score (nSPS) is 27.5. The number of hydrogen-bond donors (Lipinski definition) is 1. The van der Waals surface area contributed by atoms with Crippen LogP contribution < -0.4 is 0 Å². The summed E-state index contributed by atoms with van der Waals surface area (Å²) in [7, 11) is 1.62. The van der Waals surface area contributed by atoms with Crippen LogP contribution in [0.1, 0.15) is 35.8 Å². The van der Waals surface area contributed by atoms with Crippen molar-refractivity contribution < 1.29 is 9.53 Å². The van der Waals surface area contributed by atoms with E-state index in [0.717, 1.165) is 22.2 Å². The molecule has 3 heteroatoms. The Labute approximate surface area is 106 Å². The van der Waals surface area contributed by atoms with Crippen molar-refractivity contribution in [2.24, 2.45) is 5.92 Å². The van der Waals surface area contributed by atoms with Crippen molar-refractivity contribution in [2.75, 3.05) is 7.11 Å². The highest BCUT2D eigenvalue weighted by Crippen LogP contribution is 2.39. The highest BCUT2D eigenvalue weighted by molar-refractivity contribution is 6.12. The summed E-state index contributed by atoms with van der Waals surface area (Å²) in [6.45, 7) is 4.22. The van der Waals surface area contributed by atoms with Crippen molar-refractivity contribution in [3.8, 4) is 0 Å². The fourth-order valence-electron chi connectivity index (χ4n) is 3.00. The summed E-state index contributed by atoms with van der Waals surface area (Å²) >= 11 is 0. The lowest BCUT2D eigenvalue weighted by Gasteiger charge is -2.31. The number of aromatic amines is 1. The Balaban J connectivity index is 2.29. The molecule has 1 N–H and O–H groups in total. The molecule has 94 valence electrons. The van der Waals surface area contributed by atoms with Gasteiger partial charge in [0.05, 0.1) is 0 Å². The number of carbonyl (C=O) groups excluding carboxylic acids is 1. The molecule has 3 rings (SSSR count). The maximum atomic E-state index is 12.5. The van der Waals surface area contributed by atoms with Crippen LogP contribution in [-0.2, 0) is 4.74 Å². The van der Waals surface area contributed by atoms with E-state index in [-0.39, 0.29) is 17.8 Å². The number of hydrogen-bond acceptors (Lipinski definition) is 2. The first kappa shape index (κ1) is 11.5. The second-order valence-corrected chi connectivity index (χ2v) is 5.13. The Morgan fingerprint density at radius 1 is 1.22 bits per heavy atom. The molecule has 1 aliphatic rings. The van der Waals surface area contributed by atoms with E-state index in [1.807, 2.05) is 24.3 Å². The Hall–Kier alpha value is -1.61. The lowest BCUT2D eigenvalue weighted by Crippen LogP contribution is -2.38. The van der Waals surface area contributed by atoms with Gasteiger partial charge in [-0.05, 0) is 12.0 Å². The van der Waals surface area contributed by atoms with E-state index >= 15 is 0 Å². The number of Topliss-reactive ketones (excluding diaryl/α,β-unsaturated/α-hetero) is 1. The molecule has 18 heavy (non-hydrogen) atoms. The molecule has 0 bridgehead atoms. The van der Waals surface area contributed by atoms with Crippen molar-refractivity contribution in [3.05, 3.63) is 35.5 Å². The van der Waals surface area contributed by atoms with E-state index < -0.39 is 0 Å². The molecule has 1 heterocycles. The smallest absolute Gasteiger partial charge is 0.194 e. The molecule has 1 aromatic carbocycles. The molecular weight excluding hydrogens is 226 g/mol. The van der Waals surface area contributed by atoms with Crippen LogP contribution >= 0.6 is 0 Å². The summed E-state index contributed by atoms with van der Waals surface area (Å²) in [4.78, 5) is 15.9. The number of carbonyl (C=O) groups is 1. The lowest BCUT2D eigenvalue weighted by atomic mass is 9.77. The van der Waals surface area contributed by atoms with Gasteiger partial charge in [-0.2, -0.15) is 0 Å². The van der Waals surface area contributed by atoms with Crippen LogP contribution in [0, 0.1) is 5.92 Å². The van der Waals surface area contributed by atoms with Crippen LogP contribution in [0.2, 0.25) is 0 Å². The number of fused-ring (bicyclic) bond motifs is 3. The largest absolute Gasteiger partial charge is 0.373 e. The number of ether oxygens (including phenoxy) is 1. The molecule has 0 saturated carbocycles. The third-order valence-corrected chi connectivity index (χ3v) is 4.22. The molecule has 0 saturated heterocycles. The predicted molar refractivity (Wildman–Crippen MR) is 71.0 cm³/mol. The van der Waals surface area contributed by atoms with Gasteiger partial charge in [-0.1, -0.05) is 32.0 Å². The highest BCUT2D eigenvalue weighted by atomic mass is 16.5. The first-order valence-corrected chi connectivity index (χ1v) is 6.32. The minimum absolute atomic E-state index is 0.107. The number of aromatic nitrogens is 1. The van der Waals surface area contributed by atoms with E-state index in [9.17, 15) is 4.79 Å². The first-order valence-electron chi connectivity index (χ1n) is 6.32. The average Bonchev–Trinajstić information content (AvgIpc) is 2.76. The monoisotopic (exact) mass is 243 g/mol. The summed E-state index contributed by atoms with van der Waals surface area (Å²) < 4.78 is 5.40. The van der Waals surface area contributed by atoms with Gasteiger partial charge in [-0.25, -0.2) is 0 Å². The number of nitrogens with one attached hydrogen (secondary N) is 1. The molecule has 1 aromatic heterocycles. The lowest BCUT2D eigenvalue weighted by molar-refractivity contribution is 0.0346. The van der Waals surface area contributed by atoms with Gasteiger partial charge < -0.3 is 9.72 Å². The van der Waals surface area contributed by atoms with Gasteiger partial charge in [0, 0.05) is 35.2 Å². The van der Waals surface area contributed by atoms with Gasteiger partial charge in [0.2, 0.25) is 0 Å². The number of benzene rings is 1. The van der Waals surface area contributed by atoms with E-state index in [1.165, 1.54) is 0 Å². The van der Waals surface area contributed by atoms with Gasteiger partial charge in [0.1, 0.15) is 6.10 Å². The summed E-state index contributed by atoms with van der Waals surface area (Å²) in [6.07, 6.45) is -0.327. The molecule has 1 aliphatic carbocycles. The van der Waals surface area contributed by atoms with E-state index in [2.05, 4.69) is 18.8 Å². The second-order valence-electron chi connectivity index (χ2n) is 5.13. The van der Waals surface area contributed by atoms with Gasteiger partial charge in [0.15, 0.2) is 5.78 Å². The fourth-order valence-corrected chi connectivity index (χ4v) is 3.00. The molecule has 0 radical (unpaired) electrons. The van der Waals surface area contributed by atoms with Crippen molar-refractivity contribution in [1.82, 2.24) is 4.98 Å². The summed E-state index contributed by atoms with van der Waals surface area (Å²) in [5.74, 6) is 0.605. The van der Waals surface area contributed by atoms with Crippen LogP contribution in [0.3, 0.4) is 0 Å². The standard InChI is InChI=1S/C15H17NO2/c1-8-9(2)15(18-3)14(17)12-10-6-4-5-7-11(10)16-13(8)12/h4-9,15-16H,1-3H3/t8-,9-,15-/m0/s1. The molecule has 2 aromatic rings. The quantitative estimate of drug-likeness (QED) is 0.836. The Morgan fingerprint density at radius 2 is 1.94 bits per heavy atom. The molecule has 0 spiro atoms. The summed E-state index contributed by atoms with van der Waals surface area (Å²) in [5, 5.41) is 1.01. The third-order valence-electron chi connectivity index (χ3n) is 4.22. The number of para-hydroxylation sites is 1. The molecule has 3 nitrogen and oxygen atoms in total. The second kappa shape index (κ2) is 3.95. The Morgan fingerprint density at radius 3 is 2.67 bits per heavy atom. The third kappa shape index (κ3) is 1.37. The topological polar surface area (TPSA) is 42.1 Å². The minimum Gasteiger partial charge on any atom is -0.373 e. The van der Waals surface area contributed by atoms with Gasteiger partial charge in [0.25, 0.3) is 0 Å². The van der Waals surface area contributed by atoms with Gasteiger partial charge >= 0.3 is 0 Å². The zero-order valence-corrected chi connectivity index (χ0v) is 10.9. The van der Waals surface area contributed by atoms with E-state index in [0.29, 0.717) is 5.92 Å². The Kier molecular flexibility index (Phi) is 2.52. The maximum Gasteiger partial charge on any atom is 0.194 e. The fraction of sp³-hybridized carbons (Fsp3) is 0.400. The molecule has 0 unspecified atom stereocenters. The SMILES string of the molecule is CO[C@@H]1C(=O)c2c([nH]c3ccccc23)[C@@H](C)[C@@H]1C. The predicted octanol–water partition coefficient (Wildman–Crippen LogP) is 3.12. The van der Waals surface area contributed by atoms with Gasteiger partial charge in [-0.3, -0.25) is 4.79 Å². The van der Waals surface area contributed by atoms with Crippen molar-refractivity contribution >= 4 is 16.7 Å². The molecule has 3 atom stereocenters. The summed E-state index contributed by atoms with van der Waals surface area (Å²) in [5.41, 5.74) is 2.91. The van der Waals surface area contributed by atoms with Crippen LogP contribution in [0.5, 0.6) is 0 Å². The summed E-state index contributed by atoms with van der Waals surface area (Å²) in [6, 6.07) is 7.96. The number of H-pyrrole nitrogens is 1. The van der Waals surface area contributed by atoms with E-state index in [1.54, 1.807) is 7.11 Å². The van der Waals surface area contributed by atoms with Gasteiger partial charge in [-0.15, -0.1) is 0 Å². The van der Waals surface area contributed by atoms with Crippen LogP contribution in [0.4, 0.5) is 0 Å². The van der Waals surface area contributed by atoms with Crippen molar-refractivity contribution in [3.63, 3.8) is 0 Å². The van der Waals surface area contributed by atoms with Crippen molar-refractivity contribution in [1.29, 1.82) is 0 Å². The zero-order chi connectivity index (χ0) is 12.9. The maximum absolute atomic E-state index is 12.5. The molecule has 0 fully saturated rings. The van der Waals surface area contributed by atoms with Crippen LogP contribution in [0.25, 0.3) is 10.9 Å². The average molecular weight is 243 g/mol. The molecule has 0 amide bonds.